The molecule has 0 saturated carbocycles. The molecule has 112 valence electrons. The van der Waals surface area contributed by atoms with Crippen molar-refractivity contribution in [3.8, 4) is 0 Å². The maximum Gasteiger partial charge on any atom is 0.133 e. The molecule has 20 heavy (non-hydrogen) atoms. The molecule has 0 saturated heterocycles. The standard InChI is InChI=1S/C17H27NO2/c1-13(2)18-10-15-8-9-20-17(15)12-19-11-16-7-5-4-6-14(16)3/h4-5,8-9,13-14,16,18H,6-7,10-12H2,1-3H3. The Morgan fingerprint density at radius 3 is 2.90 bits per heavy atom. The van der Waals surface area contributed by atoms with Gasteiger partial charge < -0.3 is 14.5 Å². The number of rotatable bonds is 7. The van der Waals surface area contributed by atoms with Crippen LogP contribution in [-0.4, -0.2) is 12.6 Å². The van der Waals surface area contributed by atoms with Crippen LogP contribution in [0.5, 0.6) is 0 Å². The van der Waals surface area contributed by atoms with Gasteiger partial charge in [-0.25, -0.2) is 0 Å². The lowest BCUT2D eigenvalue weighted by atomic mass is 9.85. The molecule has 1 aliphatic carbocycles. The van der Waals surface area contributed by atoms with Crippen molar-refractivity contribution in [1.82, 2.24) is 5.32 Å². The Morgan fingerprint density at radius 1 is 1.35 bits per heavy atom. The van der Waals surface area contributed by atoms with Gasteiger partial charge in [-0.1, -0.05) is 32.9 Å². The van der Waals surface area contributed by atoms with E-state index < -0.39 is 0 Å². The zero-order valence-electron chi connectivity index (χ0n) is 12.9. The molecule has 0 amide bonds. The zero-order chi connectivity index (χ0) is 14.4. The summed E-state index contributed by atoms with van der Waals surface area (Å²) in [5.41, 5.74) is 1.20. The summed E-state index contributed by atoms with van der Waals surface area (Å²) in [6.07, 6.45) is 8.63. The monoisotopic (exact) mass is 277 g/mol. The molecule has 2 atom stereocenters. The quantitative estimate of drug-likeness (QED) is 0.768. The van der Waals surface area contributed by atoms with Crippen molar-refractivity contribution < 1.29 is 9.15 Å². The largest absolute Gasteiger partial charge is 0.467 e. The van der Waals surface area contributed by atoms with Gasteiger partial charge in [-0.2, -0.15) is 0 Å². The third-order valence-corrected chi connectivity index (χ3v) is 4.02. The molecule has 0 fully saturated rings. The summed E-state index contributed by atoms with van der Waals surface area (Å²) < 4.78 is 11.4. The zero-order valence-corrected chi connectivity index (χ0v) is 12.9. The summed E-state index contributed by atoms with van der Waals surface area (Å²) in [5.74, 6) is 2.32. The molecule has 1 aromatic rings. The van der Waals surface area contributed by atoms with Crippen LogP contribution in [-0.2, 0) is 17.9 Å². The van der Waals surface area contributed by atoms with Crippen molar-refractivity contribution in [3.63, 3.8) is 0 Å². The van der Waals surface area contributed by atoms with Crippen molar-refractivity contribution in [2.24, 2.45) is 11.8 Å². The van der Waals surface area contributed by atoms with Crippen molar-refractivity contribution in [2.75, 3.05) is 6.61 Å². The lowest BCUT2D eigenvalue weighted by Crippen LogP contribution is -2.22. The van der Waals surface area contributed by atoms with Crippen LogP contribution >= 0.6 is 0 Å². The Balaban J connectivity index is 1.76. The second-order valence-corrected chi connectivity index (χ2v) is 6.10. The van der Waals surface area contributed by atoms with Gasteiger partial charge in [0.2, 0.25) is 0 Å². The number of hydrogen-bond donors (Lipinski definition) is 1. The second-order valence-electron chi connectivity index (χ2n) is 6.10. The summed E-state index contributed by atoms with van der Waals surface area (Å²) in [4.78, 5) is 0. The minimum Gasteiger partial charge on any atom is -0.467 e. The van der Waals surface area contributed by atoms with E-state index in [1.807, 2.05) is 6.07 Å². The first-order chi connectivity index (χ1) is 9.66. The van der Waals surface area contributed by atoms with Crippen LogP contribution in [0.2, 0.25) is 0 Å². The van der Waals surface area contributed by atoms with Gasteiger partial charge in [0.05, 0.1) is 12.9 Å². The number of ether oxygens (including phenoxy) is 1. The predicted octanol–water partition coefficient (Wildman–Crippen LogP) is 3.90. The SMILES string of the molecule is CC(C)NCc1ccoc1COCC1CC=CCC1C. The highest BCUT2D eigenvalue weighted by molar-refractivity contribution is 5.16. The van der Waals surface area contributed by atoms with E-state index in [-0.39, 0.29) is 0 Å². The minimum atomic E-state index is 0.480. The molecule has 1 N–H and O–H groups in total. The van der Waals surface area contributed by atoms with E-state index >= 15 is 0 Å². The molecule has 0 aliphatic heterocycles. The Labute approximate surface area is 122 Å². The lowest BCUT2D eigenvalue weighted by Gasteiger charge is -2.24. The van der Waals surface area contributed by atoms with E-state index in [2.05, 4.69) is 38.2 Å². The number of furan rings is 1. The van der Waals surface area contributed by atoms with E-state index in [9.17, 15) is 0 Å². The third kappa shape index (κ3) is 4.50. The van der Waals surface area contributed by atoms with Crippen LogP contribution in [0.4, 0.5) is 0 Å². The third-order valence-electron chi connectivity index (χ3n) is 4.02. The maximum atomic E-state index is 5.88. The van der Waals surface area contributed by atoms with Crippen molar-refractivity contribution in [3.05, 3.63) is 35.8 Å². The molecule has 1 heterocycles. The van der Waals surface area contributed by atoms with Gasteiger partial charge in [0.25, 0.3) is 0 Å². The van der Waals surface area contributed by atoms with E-state index in [4.69, 9.17) is 9.15 Å². The lowest BCUT2D eigenvalue weighted by molar-refractivity contribution is 0.0577. The maximum absolute atomic E-state index is 5.88. The van der Waals surface area contributed by atoms with Gasteiger partial charge in [0, 0.05) is 18.2 Å². The Morgan fingerprint density at radius 2 is 2.15 bits per heavy atom. The molecule has 1 aromatic heterocycles. The summed E-state index contributed by atoms with van der Waals surface area (Å²) in [6.45, 7) is 8.85. The van der Waals surface area contributed by atoms with Gasteiger partial charge in [-0.15, -0.1) is 0 Å². The normalized spacial score (nSPS) is 22.6. The Hall–Kier alpha value is -1.06. The van der Waals surface area contributed by atoms with Crippen molar-refractivity contribution in [2.45, 2.75) is 52.8 Å². The molecule has 0 aromatic carbocycles. The second kappa shape index (κ2) is 7.65. The highest BCUT2D eigenvalue weighted by atomic mass is 16.5. The highest BCUT2D eigenvalue weighted by Gasteiger charge is 2.18. The van der Waals surface area contributed by atoms with E-state index in [1.54, 1.807) is 6.26 Å². The highest BCUT2D eigenvalue weighted by Crippen LogP contribution is 2.25. The summed E-state index contributed by atoms with van der Waals surface area (Å²) in [6, 6.07) is 2.51. The average molecular weight is 277 g/mol. The fraction of sp³-hybridized carbons (Fsp3) is 0.647. The van der Waals surface area contributed by atoms with E-state index in [0.29, 0.717) is 18.6 Å². The molecule has 3 nitrogen and oxygen atoms in total. The Bertz CT molecular complexity index is 422. The van der Waals surface area contributed by atoms with Crippen molar-refractivity contribution >= 4 is 0 Å². The number of allylic oxidation sites excluding steroid dienone is 2. The molecule has 3 heteroatoms. The summed E-state index contributed by atoms with van der Waals surface area (Å²) >= 11 is 0. The average Bonchev–Trinajstić information content (AvgIpc) is 2.86. The summed E-state index contributed by atoms with van der Waals surface area (Å²) in [5, 5.41) is 3.41. The number of hydrogen-bond acceptors (Lipinski definition) is 3. The first kappa shape index (κ1) is 15.3. The molecular formula is C17H27NO2. The van der Waals surface area contributed by atoms with Gasteiger partial charge in [-0.05, 0) is 30.7 Å². The van der Waals surface area contributed by atoms with Crippen LogP contribution in [0.15, 0.2) is 28.9 Å². The molecule has 2 rings (SSSR count). The number of nitrogens with one attached hydrogen (secondary N) is 1. The van der Waals surface area contributed by atoms with Gasteiger partial charge >= 0.3 is 0 Å². The van der Waals surface area contributed by atoms with Crippen LogP contribution in [0.1, 0.15) is 44.9 Å². The molecule has 1 aliphatic rings. The molecule has 2 unspecified atom stereocenters. The van der Waals surface area contributed by atoms with Crippen LogP contribution in [0, 0.1) is 11.8 Å². The molecule has 0 spiro atoms. The van der Waals surface area contributed by atoms with Gasteiger partial charge in [0.15, 0.2) is 0 Å². The predicted molar refractivity (Wildman–Crippen MR) is 81.4 cm³/mol. The first-order valence-corrected chi connectivity index (χ1v) is 7.68. The molecule has 0 radical (unpaired) electrons. The van der Waals surface area contributed by atoms with Crippen LogP contribution in [0.3, 0.4) is 0 Å². The Kier molecular flexibility index (Phi) is 5.86. The van der Waals surface area contributed by atoms with E-state index in [0.717, 1.165) is 31.3 Å². The fourth-order valence-corrected chi connectivity index (χ4v) is 2.51. The summed E-state index contributed by atoms with van der Waals surface area (Å²) in [7, 11) is 0. The molecule has 0 bridgehead atoms. The van der Waals surface area contributed by atoms with Gasteiger partial charge in [0.1, 0.15) is 12.4 Å². The minimum absolute atomic E-state index is 0.480. The smallest absolute Gasteiger partial charge is 0.133 e. The first-order valence-electron chi connectivity index (χ1n) is 7.68. The van der Waals surface area contributed by atoms with E-state index in [1.165, 1.54) is 12.0 Å². The fourth-order valence-electron chi connectivity index (χ4n) is 2.51. The van der Waals surface area contributed by atoms with Crippen LogP contribution < -0.4 is 5.32 Å². The van der Waals surface area contributed by atoms with Crippen LogP contribution in [0.25, 0.3) is 0 Å². The van der Waals surface area contributed by atoms with Crippen molar-refractivity contribution in [1.29, 1.82) is 0 Å². The molecular weight excluding hydrogens is 250 g/mol. The van der Waals surface area contributed by atoms with Gasteiger partial charge in [-0.3, -0.25) is 0 Å². The topological polar surface area (TPSA) is 34.4 Å².